The first-order valence-corrected chi connectivity index (χ1v) is 8.18. The Hall–Kier alpha value is -2.38. The van der Waals surface area contributed by atoms with Gasteiger partial charge in [-0.15, -0.1) is 0 Å². The van der Waals surface area contributed by atoms with E-state index in [0.717, 1.165) is 24.1 Å². The molecule has 0 spiro atoms. The van der Waals surface area contributed by atoms with Gasteiger partial charge in [-0.3, -0.25) is 18.7 Å². The van der Waals surface area contributed by atoms with Gasteiger partial charge < -0.3 is 9.47 Å². The van der Waals surface area contributed by atoms with E-state index in [2.05, 4.69) is 18.8 Å². The van der Waals surface area contributed by atoms with Gasteiger partial charge in [0.05, 0.1) is 6.33 Å². The minimum atomic E-state index is -0.432. The number of rotatable bonds is 2. The van der Waals surface area contributed by atoms with Crippen LogP contribution in [0.15, 0.2) is 15.9 Å². The van der Waals surface area contributed by atoms with Crippen molar-refractivity contribution in [3.05, 3.63) is 27.2 Å². The van der Waals surface area contributed by atoms with E-state index in [9.17, 15) is 14.4 Å². The fourth-order valence-corrected chi connectivity index (χ4v) is 3.63. The number of hydrogen-bond acceptors (Lipinski definition) is 4. The lowest BCUT2D eigenvalue weighted by molar-refractivity contribution is -0.134. The molecule has 1 amide bonds. The number of aromatic nitrogens is 4. The molecule has 0 radical (unpaired) electrons. The third-order valence-electron chi connectivity index (χ3n) is 4.74. The summed E-state index contributed by atoms with van der Waals surface area (Å²) in [7, 11) is 2.99. The molecule has 8 nitrogen and oxygen atoms in total. The van der Waals surface area contributed by atoms with E-state index in [0.29, 0.717) is 17.5 Å². The molecule has 2 atom stereocenters. The number of amides is 1. The van der Waals surface area contributed by atoms with E-state index < -0.39 is 11.2 Å². The van der Waals surface area contributed by atoms with Crippen molar-refractivity contribution in [3.63, 3.8) is 0 Å². The zero-order valence-electron chi connectivity index (χ0n) is 14.5. The Bertz CT molecular complexity index is 897. The van der Waals surface area contributed by atoms with Crippen LogP contribution in [0.3, 0.4) is 0 Å². The van der Waals surface area contributed by atoms with Crippen LogP contribution in [-0.2, 0) is 25.4 Å². The van der Waals surface area contributed by atoms with Crippen LogP contribution in [-0.4, -0.2) is 42.6 Å². The average molecular weight is 333 g/mol. The van der Waals surface area contributed by atoms with Crippen molar-refractivity contribution in [2.24, 2.45) is 25.9 Å². The number of piperidine rings is 1. The predicted octanol–water partition coefficient (Wildman–Crippen LogP) is -0.0618. The van der Waals surface area contributed by atoms with Crippen molar-refractivity contribution in [1.29, 1.82) is 0 Å². The van der Waals surface area contributed by atoms with Crippen LogP contribution in [0.2, 0.25) is 0 Å². The molecule has 2 aromatic rings. The first-order chi connectivity index (χ1) is 11.3. The quantitative estimate of drug-likeness (QED) is 0.771. The number of likely N-dealkylation sites (tertiary alicyclic amines) is 1. The number of fused-ring (bicyclic) bond motifs is 1. The third-order valence-corrected chi connectivity index (χ3v) is 4.74. The SMILES string of the molecule is C[C@H]1C[C@H](C)CN(C(=O)Cn2cnc3c2c(=O)n(C)c(=O)n3C)C1. The highest BCUT2D eigenvalue weighted by Gasteiger charge is 2.26. The molecule has 0 saturated carbocycles. The standard InChI is InChI=1S/C16H23N5O3/c1-10-5-11(2)7-20(6-10)12(22)8-21-9-17-14-13(21)15(23)19(4)16(24)18(14)3/h9-11H,5-8H2,1-4H3/t10-,11-/m0/s1. The predicted molar refractivity (Wildman–Crippen MR) is 89.7 cm³/mol. The summed E-state index contributed by atoms with van der Waals surface area (Å²) in [5, 5.41) is 0. The summed E-state index contributed by atoms with van der Waals surface area (Å²) >= 11 is 0. The number of nitrogens with zero attached hydrogens (tertiary/aromatic N) is 5. The van der Waals surface area contributed by atoms with Crippen molar-refractivity contribution in [1.82, 2.24) is 23.6 Å². The summed E-state index contributed by atoms with van der Waals surface area (Å²) in [4.78, 5) is 43.0. The van der Waals surface area contributed by atoms with Crippen LogP contribution in [0, 0.1) is 11.8 Å². The molecule has 0 aromatic carbocycles. The molecule has 0 aliphatic carbocycles. The first kappa shape index (κ1) is 16.5. The van der Waals surface area contributed by atoms with Gasteiger partial charge in [-0.25, -0.2) is 9.78 Å². The largest absolute Gasteiger partial charge is 0.341 e. The summed E-state index contributed by atoms with van der Waals surface area (Å²) in [5.74, 6) is 0.931. The molecule has 0 N–H and O–H groups in total. The van der Waals surface area contributed by atoms with Gasteiger partial charge in [0.1, 0.15) is 6.54 Å². The van der Waals surface area contributed by atoms with Crippen molar-refractivity contribution in [2.45, 2.75) is 26.8 Å². The van der Waals surface area contributed by atoms with Gasteiger partial charge in [0, 0.05) is 27.2 Å². The Kier molecular flexibility index (Phi) is 4.06. The molecule has 0 bridgehead atoms. The second kappa shape index (κ2) is 5.92. The lowest BCUT2D eigenvalue weighted by atomic mass is 9.92. The van der Waals surface area contributed by atoms with Crippen molar-refractivity contribution in [3.8, 4) is 0 Å². The molecule has 3 rings (SSSR count). The maximum atomic E-state index is 12.6. The molecule has 3 heterocycles. The number of carbonyl (C=O) groups excluding carboxylic acids is 1. The summed E-state index contributed by atoms with van der Waals surface area (Å²) < 4.78 is 3.90. The van der Waals surface area contributed by atoms with E-state index in [4.69, 9.17) is 0 Å². The van der Waals surface area contributed by atoms with Crippen molar-refractivity contribution < 1.29 is 4.79 Å². The average Bonchev–Trinajstić information content (AvgIpc) is 2.93. The first-order valence-electron chi connectivity index (χ1n) is 8.18. The van der Waals surface area contributed by atoms with E-state index in [1.54, 1.807) is 11.6 Å². The van der Waals surface area contributed by atoms with Gasteiger partial charge in [0.2, 0.25) is 5.91 Å². The summed E-state index contributed by atoms with van der Waals surface area (Å²) in [6.07, 6.45) is 2.58. The second-order valence-electron chi connectivity index (χ2n) is 7.00. The molecule has 0 unspecified atom stereocenters. The van der Waals surface area contributed by atoms with E-state index in [1.807, 2.05) is 4.90 Å². The Balaban J connectivity index is 1.95. The van der Waals surface area contributed by atoms with E-state index >= 15 is 0 Å². The van der Waals surface area contributed by atoms with E-state index in [-0.39, 0.29) is 18.0 Å². The highest BCUT2D eigenvalue weighted by Crippen LogP contribution is 2.21. The van der Waals surface area contributed by atoms with Crippen molar-refractivity contribution in [2.75, 3.05) is 13.1 Å². The highest BCUT2D eigenvalue weighted by atomic mass is 16.2. The molecule has 1 saturated heterocycles. The molecule has 8 heteroatoms. The number of carbonyl (C=O) groups is 1. The summed E-state index contributed by atoms with van der Waals surface area (Å²) in [6.45, 7) is 5.84. The molecule has 1 aliphatic heterocycles. The lowest BCUT2D eigenvalue weighted by Crippen LogP contribution is -2.44. The highest BCUT2D eigenvalue weighted by molar-refractivity contribution is 5.79. The molecular formula is C16H23N5O3. The molecule has 1 fully saturated rings. The monoisotopic (exact) mass is 333 g/mol. The minimum Gasteiger partial charge on any atom is -0.341 e. The minimum absolute atomic E-state index is 0.0244. The number of imidazole rings is 1. The molecular weight excluding hydrogens is 310 g/mol. The van der Waals surface area contributed by atoms with Gasteiger partial charge in [-0.2, -0.15) is 0 Å². The van der Waals surface area contributed by atoms with Crippen LogP contribution >= 0.6 is 0 Å². The van der Waals surface area contributed by atoms with Crippen LogP contribution in [0.1, 0.15) is 20.3 Å². The van der Waals surface area contributed by atoms with E-state index in [1.165, 1.54) is 17.9 Å². The summed E-state index contributed by atoms with van der Waals surface area (Å²) in [5.41, 5.74) is -0.274. The molecule has 1 aliphatic rings. The van der Waals surface area contributed by atoms with Crippen LogP contribution in [0.4, 0.5) is 0 Å². The molecule has 2 aromatic heterocycles. The maximum Gasteiger partial charge on any atom is 0.332 e. The maximum absolute atomic E-state index is 12.6. The number of hydrogen-bond donors (Lipinski definition) is 0. The Morgan fingerprint density at radius 2 is 1.79 bits per heavy atom. The molecule has 130 valence electrons. The van der Waals surface area contributed by atoms with Gasteiger partial charge in [-0.05, 0) is 18.3 Å². The van der Waals surface area contributed by atoms with Crippen LogP contribution in [0.25, 0.3) is 11.2 Å². The topological polar surface area (TPSA) is 82.1 Å². The van der Waals surface area contributed by atoms with Crippen molar-refractivity contribution >= 4 is 17.1 Å². The normalized spacial score (nSPS) is 21.4. The Morgan fingerprint density at radius 1 is 1.17 bits per heavy atom. The summed E-state index contributed by atoms with van der Waals surface area (Å²) in [6, 6.07) is 0. The van der Waals surface area contributed by atoms with Gasteiger partial charge in [0.25, 0.3) is 5.56 Å². The van der Waals surface area contributed by atoms with Gasteiger partial charge in [0.15, 0.2) is 11.2 Å². The zero-order chi connectivity index (χ0) is 17.6. The third kappa shape index (κ3) is 2.65. The molecule has 24 heavy (non-hydrogen) atoms. The zero-order valence-corrected chi connectivity index (χ0v) is 14.5. The van der Waals surface area contributed by atoms with Gasteiger partial charge >= 0.3 is 5.69 Å². The van der Waals surface area contributed by atoms with Gasteiger partial charge in [-0.1, -0.05) is 13.8 Å². The van der Waals surface area contributed by atoms with Crippen LogP contribution in [0.5, 0.6) is 0 Å². The smallest absolute Gasteiger partial charge is 0.332 e. The fraction of sp³-hybridized carbons (Fsp3) is 0.625. The van der Waals surface area contributed by atoms with Crippen LogP contribution < -0.4 is 11.2 Å². The fourth-order valence-electron chi connectivity index (χ4n) is 3.63. The Morgan fingerprint density at radius 3 is 2.42 bits per heavy atom. The second-order valence-corrected chi connectivity index (χ2v) is 7.00. The number of aryl methyl sites for hydroxylation is 1. The lowest BCUT2D eigenvalue weighted by Gasteiger charge is -2.35. The Labute approximate surface area is 139 Å².